The van der Waals surface area contributed by atoms with Gasteiger partial charge in [0.15, 0.2) is 5.16 Å². The van der Waals surface area contributed by atoms with E-state index in [4.69, 9.17) is 0 Å². The van der Waals surface area contributed by atoms with E-state index < -0.39 is 0 Å². The van der Waals surface area contributed by atoms with E-state index in [2.05, 4.69) is 56.6 Å². The number of amides is 1. The van der Waals surface area contributed by atoms with Crippen LogP contribution in [-0.4, -0.2) is 26.4 Å². The number of thioether (sulfide) groups is 1. The average Bonchev–Trinajstić information content (AvgIpc) is 3.22. The van der Waals surface area contributed by atoms with Crippen LogP contribution >= 0.6 is 27.7 Å². The topological polar surface area (TPSA) is 59.8 Å². The lowest BCUT2D eigenvalue weighted by Crippen LogP contribution is -2.17. The maximum atomic E-state index is 12.8. The molecule has 0 aliphatic heterocycles. The van der Waals surface area contributed by atoms with Crippen molar-refractivity contribution in [2.24, 2.45) is 0 Å². The maximum Gasteiger partial charge on any atom is 0.234 e. The Kier molecular flexibility index (Phi) is 7.62. The number of aromatic nitrogens is 3. The van der Waals surface area contributed by atoms with Gasteiger partial charge >= 0.3 is 0 Å². The van der Waals surface area contributed by atoms with E-state index in [0.29, 0.717) is 11.6 Å². The molecule has 0 atom stereocenters. The van der Waals surface area contributed by atoms with Crippen LogP contribution in [0.15, 0.2) is 82.4 Å². The zero-order chi connectivity index (χ0) is 23.2. The molecule has 1 amide bonds. The molecule has 0 radical (unpaired) electrons. The van der Waals surface area contributed by atoms with Crippen molar-refractivity contribution in [3.8, 4) is 5.69 Å². The minimum absolute atomic E-state index is 0.0626. The van der Waals surface area contributed by atoms with E-state index in [-0.39, 0.29) is 11.7 Å². The summed E-state index contributed by atoms with van der Waals surface area (Å²) >= 11 is 4.93. The van der Waals surface area contributed by atoms with Crippen LogP contribution in [0.25, 0.3) is 5.69 Å². The molecule has 1 heterocycles. The van der Waals surface area contributed by atoms with Crippen molar-refractivity contribution in [2.45, 2.75) is 31.8 Å². The highest BCUT2D eigenvalue weighted by Crippen LogP contribution is 2.28. The van der Waals surface area contributed by atoms with Crippen LogP contribution in [0.4, 0.5) is 5.69 Å². The summed E-state index contributed by atoms with van der Waals surface area (Å²) in [6.07, 6.45) is 1.50. The van der Waals surface area contributed by atoms with E-state index in [1.807, 2.05) is 66.1 Å². The van der Waals surface area contributed by atoms with Crippen molar-refractivity contribution in [1.82, 2.24) is 14.8 Å². The normalized spacial score (nSPS) is 10.9. The first kappa shape index (κ1) is 23.3. The summed E-state index contributed by atoms with van der Waals surface area (Å²) in [5.74, 6) is 1.02. The Morgan fingerprint density at radius 1 is 1.03 bits per heavy atom. The van der Waals surface area contributed by atoms with Crippen LogP contribution in [0.2, 0.25) is 0 Å². The number of hydrogen-bond donors (Lipinski definition) is 1. The Balaban J connectivity index is 1.54. The lowest BCUT2D eigenvalue weighted by atomic mass is 10.1. The van der Waals surface area contributed by atoms with Crippen molar-refractivity contribution < 1.29 is 4.79 Å². The number of carbonyl (C=O) groups is 1. The van der Waals surface area contributed by atoms with Gasteiger partial charge in [-0.2, -0.15) is 0 Å². The van der Waals surface area contributed by atoms with E-state index in [0.717, 1.165) is 44.8 Å². The number of halogens is 1. The largest absolute Gasteiger partial charge is 0.325 e. The first-order valence-corrected chi connectivity index (χ1v) is 12.6. The molecule has 0 saturated heterocycles. The number of aryl methyl sites for hydroxylation is 2. The van der Waals surface area contributed by atoms with E-state index in [9.17, 15) is 4.79 Å². The van der Waals surface area contributed by atoms with Crippen LogP contribution in [0.5, 0.6) is 0 Å². The lowest BCUT2D eigenvalue weighted by molar-refractivity contribution is -0.113. The van der Waals surface area contributed by atoms with Crippen molar-refractivity contribution >= 4 is 39.3 Å². The molecule has 0 unspecified atom stereocenters. The fourth-order valence-electron chi connectivity index (χ4n) is 3.70. The van der Waals surface area contributed by atoms with Gasteiger partial charge in [0.05, 0.1) is 5.75 Å². The predicted octanol–water partition coefficient (Wildman–Crippen LogP) is 6.22. The molecule has 7 heteroatoms. The van der Waals surface area contributed by atoms with Gasteiger partial charge in [0.25, 0.3) is 0 Å². The molecular formula is C26H25BrN4OS. The zero-order valence-electron chi connectivity index (χ0n) is 18.6. The number of rotatable bonds is 8. The predicted molar refractivity (Wildman–Crippen MR) is 138 cm³/mol. The number of benzene rings is 3. The van der Waals surface area contributed by atoms with Gasteiger partial charge in [0.2, 0.25) is 5.91 Å². The first-order chi connectivity index (χ1) is 16.0. The highest BCUT2D eigenvalue weighted by molar-refractivity contribution is 9.10. The molecule has 0 bridgehead atoms. The molecule has 4 aromatic rings. The van der Waals surface area contributed by atoms with Gasteiger partial charge in [0.1, 0.15) is 5.82 Å². The second kappa shape index (κ2) is 10.8. The number of hydrogen-bond acceptors (Lipinski definition) is 4. The van der Waals surface area contributed by atoms with Crippen molar-refractivity contribution in [3.05, 3.63) is 99.8 Å². The Bertz CT molecular complexity index is 1240. The summed E-state index contributed by atoms with van der Waals surface area (Å²) in [6, 6.07) is 24.3. The molecule has 4 rings (SSSR count). The highest BCUT2D eigenvalue weighted by Gasteiger charge is 2.17. The Morgan fingerprint density at radius 3 is 2.42 bits per heavy atom. The molecule has 0 saturated carbocycles. The minimum Gasteiger partial charge on any atom is -0.325 e. The standard InChI is InChI=1S/C26H25BrN4OS/c1-3-20-16-21(27)14-18(2)25(20)28-24(32)17-33-26-30-29-23(15-19-10-6-4-7-11-19)31(26)22-12-8-5-9-13-22/h4-14,16H,3,15,17H2,1-2H3,(H,28,32). The van der Waals surface area contributed by atoms with Crippen LogP contribution in [-0.2, 0) is 17.6 Å². The van der Waals surface area contributed by atoms with Gasteiger partial charge in [0, 0.05) is 22.3 Å². The lowest BCUT2D eigenvalue weighted by Gasteiger charge is -2.14. The number of carbonyl (C=O) groups excluding carboxylic acids is 1. The summed E-state index contributed by atoms with van der Waals surface area (Å²) in [5, 5.41) is 12.7. The average molecular weight is 521 g/mol. The molecule has 5 nitrogen and oxygen atoms in total. The molecule has 1 aromatic heterocycles. The Hall–Kier alpha value is -2.90. The SMILES string of the molecule is CCc1cc(Br)cc(C)c1NC(=O)CSc1nnc(Cc2ccccc2)n1-c1ccccc1. The first-order valence-electron chi connectivity index (χ1n) is 10.8. The van der Waals surface area contributed by atoms with Gasteiger partial charge in [-0.25, -0.2) is 0 Å². The van der Waals surface area contributed by atoms with Crippen LogP contribution in [0.3, 0.4) is 0 Å². The van der Waals surface area contributed by atoms with E-state index in [1.165, 1.54) is 11.8 Å². The second-order valence-corrected chi connectivity index (χ2v) is 9.54. The second-order valence-electron chi connectivity index (χ2n) is 7.68. The number of para-hydroxylation sites is 1. The van der Waals surface area contributed by atoms with E-state index in [1.54, 1.807) is 0 Å². The fourth-order valence-corrected chi connectivity index (χ4v) is 5.09. The monoisotopic (exact) mass is 520 g/mol. The van der Waals surface area contributed by atoms with Crippen molar-refractivity contribution in [2.75, 3.05) is 11.1 Å². The summed E-state index contributed by atoms with van der Waals surface area (Å²) in [4.78, 5) is 12.8. The molecule has 33 heavy (non-hydrogen) atoms. The van der Waals surface area contributed by atoms with Crippen LogP contribution in [0, 0.1) is 6.92 Å². The molecule has 168 valence electrons. The Morgan fingerprint density at radius 2 is 1.73 bits per heavy atom. The zero-order valence-corrected chi connectivity index (χ0v) is 21.0. The molecule has 0 aliphatic rings. The van der Waals surface area contributed by atoms with Gasteiger partial charge in [-0.05, 0) is 54.3 Å². The summed E-state index contributed by atoms with van der Waals surface area (Å²) in [5.41, 5.74) is 5.18. The summed E-state index contributed by atoms with van der Waals surface area (Å²) in [7, 11) is 0. The maximum absolute atomic E-state index is 12.8. The third-order valence-corrected chi connectivity index (χ3v) is 6.67. The van der Waals surface area contributed by atoms with Crippen molar-refractivity contribution in [3.63, 3.8) is 0 Å². The fraction of sp³-hybridized carbons (Fsp3) is 0.192. The van der Waals surface area contributed by atoms with Gasteiger partial charge in [-0.3, -0.25) is 9.36 Å². The molecule has 0 aliphatic carbocycles. The molecule has 3 aromatic carbocycles. The van der Waals surface area contributed by atoms with Crippen molar-refractivity contribution in [1.29, 1.82) is 0 Å². The summed E-state index contributed by atoms with van der Waals surface area (Å²) < 4.78 is 3.05. The molecule has 0 spiro atoms. The number of nitrogens with one attached hydrogen (secondary N) is 1. The third kappa shape index (κ3) is 5.72. The molecular weight excluding hydrogens is 496 g/mol. The number of anilines is 1. The smallest absolute Gasteiger partial charge is 0.234 e. The van der Waals surface area contributed by atoms with Gasteiger partial charge in [-0.1, -0.05) is 83.1 Å². The van der Waals surface area contributed by atoms with Crippen LogP contribution in [0.1, 0.15) is 29.4 Å². The van der Waals surface area contributed by atoms with Gasteiger partial charge in [-0.15, -0.1) is 10.2 Å². The minimum atomic E-state index is -0.0626. The molecule has 1 N–H and O–H groups in total. The van der Waals surface area contributed by atoms with Crippen LogP contribution < -0.4 is 5.32 Å². The van der Waals surface area contributed by atoms with Gasteiger partial charge < -0.3 is 5.32 Å². The molecule has 0 fully saturated rings. The quantitative estimate of drug-likeness (QED) is 0.280. The Labute approximate surface area is 206 Å². The summed E-state index contributed by atoms with van der Waals surface area (Å²) in [6.45, 7) is 4.09. The number of nitrogens with zero attached hydrogens (tertiary/aromatic N) is 3. The third-order valence-electron chi connectivity index (χ3n) is 5.28. The van der Waals surface area contributed by atoms with E-state index >= 15 is 0 Å². The highest BCUT2D eigenvalue weighted by atomic mass is 79.9.